The molecule has 24 heavy (non-hydrogen) atoms. The first kappa shape index (κ1) is 17.2. The average molecular weight is 322 g/mol. The van der Waals surface area contributed by atoms with E-state index in [4.69, 9.17) is 20.6 Å². The molecule has 0 N–H and O–H groups in total. The van der Waals surface area contributed by atoms with Gasteiger partial charge in [-0.05, 0) is 36.4 Å². The molecule has 0 fully saturated rings. The topological polar surface area (TPSA) is 44.8 Å². The van der Waals surface area contributed by atoms with E-state index < -0.39 is 0 Å². The Balaban J connectivity index is 2.24. The van der Waals surface area contributed by atoms with Gasteiger partial charge in [-0.1, -0.05) is 18.1 Å². The van der Waals surface area contributed by atoms with Gasteiger partial charge in [-0.2, -0.15) is 0 Å². The van der Waals surface area contributed by atoms with Crippen LogP contribution in [0.4, 0.5) is 0 Å². The van der Waals surface area contributed by atoms with Crippen LogP contribution in [-0.2, 0) is 0 Å². The molecule has 0 amide bonds. The quantitative estimate of drug-likeness (QED) is 0.444. The Morgan fingerprint density at radius 1 is 1.12 bits per heavy atom. The molecular weight excluding hydrogens is 304 g/mol. The van der Waals surface area contributed by atoms with Crippen LogP contribution in [0.2, 0.25) is 0 Å². The second-order valence-electron chi connectivity index (χ2n) is 4.79. The smallest absolute Gasteiger partial charge is 0.189 e. The zero-order valence-electron chi connectivity index (χ0n) is 13.6. The predicted octanol–water partition coefficient (Wildman–Crippen LogP) is 3.61. The summed E-state index contributed by atoms with van der Waals surface area (Å²) in [4.78, 5) is 12.4. The molecule has 0 saturated carbocycles. The number of benzene rings is 2. The van der Waals surface area contributed by atoms with Crippen molar-refractivity contribution < 1.29 is 19.0 Å². The lowest BCUT2D eigenvalue weighted by Crippen LogP contribution is -2.02. The third-order valence-corrected chi connectivity index (χ3v) is 3.32. The second kappa shape index (κ2) is 8.44. The summed E-state index contributed by atoms with van der Waals surface area (Å²) in [6.45, 7) is 0.111. The van der Waals surface area contributed by atoms with Crippen molar-refractivity contribution in [1.29, 1.82) is 0 Å². The SMILES string of the molecule is C#CCOc1ccccc1C(=O)/C=C/c1ccc(OC)cc1OC. The Morgan fingerprint density at radius 3 is 2.62 bits per heavy atom. The van der Waals surface area contributed by atoms with Gasteiger partial charge >= 0.3 is 0 Å². The van der Waals surface area contributed by atoms with Crippen LogP contribution in [0.5, 0.6) is 17.2 Å². The van der Waals surface area contributed by atoms with Gasteiger partial charge < -0.3 is 14.2 Å². The lowest BCUT2D eigenvalue weighted by molar-refractivity contribution is 0.104. The summed E-state index contributed by atoms with van der Waals surface area (Å²) < 4.78 is 15.9. The highest BCUT2D eigenvalue weighted by Gasteiger charge is 2.10. The van der Waals surface area contributed by atoms with E-state index in [-0.39, 0.29) is 12.4 Å². The van der Waals surface area contributed by atoms with Gasteiger partial charge in [0.1, 0.15) is 23.9 Å². The molecule has 0 atom stereocenters. The number of carbonyl (C=O) groups is 1. The number of hydrogen-bond acceptors (Lipinski definition) is 4. The third-order valence-electron chi connectivity index (χ3n) is 3.32. The Morgan fingerprint density at radius 2 is 1.92 bits per heavy atom. The first-order chi connectivity index (χ1) is 11.7. The number of hydrogen-bond donors (Lipinski definition) is 0. The fourth-order valence-corrected chi connectivity index (χ4v) is 2.13. The molecular formula is C20H18O4. The molecule has 0 spiro atoms. The number of para-hydroxylation sites is 1. The molecule has 0 saturated heterocycles. The van der Waals surface area contributed by atoms with Crippen molar-refractivity contribution in [2.45, 2.75) is 0 Å². The van der Waals surface area contributed by atoms with Crippen LogP contribution >= 0.6 is 0 Å². The molecule has 4 heteroatoms. The van der Waals surface area contributed by atoms with Crippen molar-refractivity contribution in [1.82, 2.24) is 0 Å². The van der Waals surface area contributed by atoms with Crippen molar-refractivity contribution in [3.8, 4) is 29.6 Å². The highest BCUT2D eigenvalue weighted by atomic mass is 16.5. The molecule has 4 nitrogen and oxygen atoms in total. The van der Waals surface area contributed by atoms with Gasteiger partial charge in [0.15, 0.2) is 5.78 Å². The number of methoxy groups -OCH3 is 2. The molecule has 2 rings (SSSR count). The number of rotatable bonds is 7. The molecule has 2 aromatic carbocycles. The summed E-state index contributed by atoms with van der Waals surface area (Å²) >= 11 is 0. The molecule has 0 aliphatic heterocycles. The molecule has 0 bridgehead atoms. The predicted molar refractivity (Wildman–Crippen MR) is 93.7 cm³/mol. The Kier molecular flexibility index (Phi) is 6.04. The van der Waals surface area contributed by atoms with Gasteiger partial charge in [0, 0.05) is 11.6 Å². The van der Waals surface area contributed by atoms with Crippen molar-refractivity contribution in [2.24, 2.45) is 0 Å². The molecule has 122 valence electrons. The van der Waals surface area contributed by atoms with Crippen molar-refractivity contribution >= 4 is 11.9 Å². The Labute approximate surface area is 141 Å². The van der Waals surface area contributed by atoms with E-state index >= 15 is 0 Å². The summed E-state index contributed by atoms with van der Waals surface area (Å²) in [5, 5.41) is 0. The van der Waals surface area contributed by atoms with E-state index in [2.05, 4.69) is 5.92 Å². The van der Waals surface area contributed by atoms with E-state index in [9.17, 15) is 4.79 Å². The van der Waals surface area contributed by atoms with E-state index in [0.717, 1.165) is 5.56 Å². The maximum Gasteiger partial charge on any atom is 0.189 e. The van der Waals surface area contributed by atoms with Gasteiger partial charge in [0.25, 0.3) is 0 Å². The van der Waals surface area contributed by atoms with Gasteiger partial charge in [0.2, 0.25) is 0 Å². The van der Waals surface area contributed by atoms with E-state index in [1.54, 1.807) is 56.7 Å². The number of allylic oxidation sites excluding steroid dienone is 1. The summed E-state index contributed by atoms with van der Waals surface area (Å²) in [6.07, 6.45) is 8.36. The minimum atomic E-state index is -0.180. The van der Waals surface area contributed by atoms with Crippen molar-refractivity contribution in [3.05, 3.63) is 59.7 Å². The number of terminal acetylenes is 1. The van der Waals surface area contributed by atoms with Gasteiger partial charge in [-0.15, -0.1) is 6.42 Å². The molecule has 0 unspecified atom stereocenters. The van der Waals surface area contributed by atoms with Gasteiger partial charge in [0.05, 0.1) is 19.8 Å². The van der Waals surface area contributed by atoms with E-state index in [1.165, 1.54) is 6.08 Å². The first-order valence-electron chi connectivity index (χ1n) is 7.29. The maximum absolute atomic E-state index is 12.4. The van der Waals surface area contributed by atoms with E-state index in [1.807, 2.05) is 6.07 Å². The van der Waals surface area contributed by atoms with Crippen LogP contribution in [-0.4, -0.2) is 26.6 Å². The zero-order valence-corrected chi connectivity index (χ0v) is 13.6. The zero-order chi connectivity index (χ0) is 17.4. The summed E-state index contributed by atoms with van der Waals surface area (Å²) in [5.41, 5.74) is 1.23. The monoisotopic (exact) mass is 322 g/mol. The lowest BCUT2D eigenvalue weighted by Gasteiger charge is -2.08. The number of ketones is 1. The molecule has 0 aliphatic rings. The van der Waals surface area contributed by atoms with Crippen LogP contribution in [0.3, 0.4) is 0 Å². The highest BCUT2D eigenvalue weighted by molar-refractivity contribution is 6.08. The van der Waals surface area contributed by atoms with Crippen molar-refractivity contribution in [3.63, 3.8) is 0 Å². The van der Waals surface area contributed by atoms with E-state index in [0.29, 0.717) is 22.8 Å². The van der Waals surface area contributed by atoms with Gasteiger partial charge in [-0.3, -0.25) is 4.79 Å². The molecule has 0 aliphatic carbocycles. The largest absolute Gasteiger partial charge is 0.497 e. The molecule has 0 heterocycles. The number of carbonyl (C=O) groups excluding carboxylic acids is 1. The minimum absolute atomic E-state index is 0.111. The standard InChI is InChI=1S/C20H18O4/c1-4-13-24-19-8-6-5-7-17(19)18(21)12-10-15-9-11-16(22-2)14-20(15)23-3/h1,5-12,14H,13H2,2-3H3/b12-10+. The van der Waals surface area contributed by atoms with Crippen LogP contribution in [0.1, 0.15) is 15.9 Å². The maximum atomic E-state index is 12.4. The highest BCUT2D eigenvalue weighted by Crippen LogP contribution is 2.26. The number of ether oxygens (including phenoxy) is 3. The van der Waals surface area contributed by atoms with Crippen molar-refractivity contribution in [2.75, 3.05) is 20.8 Å². The molecule has 0 radical (unpaired) electrons. The van der Waals surface area contributed by atoms with Crippen LogP contribution in [0.25, 0.3) is 6.08 Å². The molecule has 0 aromatic heterocycles. The third kappa shape index (κ3) is 4.17. The first-order valence-corrected chi connectivity index (χ1v) is 7.29. The fraction of sp³-hybridized carbons (Fsp3) is 0.150. The van der Waals surface area contributed by atoms with Crippen LogP contribution in [0, 0.1) is 12.3 Å². The summed E-state index contributed by atoms with van der Waals surface area (Å²) in [7, 11) is 3.15. The summed E-state index contributed by atoms with van der Waals surface area (Å²) in [5.74, 6) is 3.97. The average Bonchev–Trinajstić information content (AvgIpc) is 2.64. The minimum Gasteiger partial charge on any atom is -0.497 e. The second-order valence-corrected chi connectivity index (χ2v) is 4.79. The van der Waals surface area contributed by atoms with Gasteiger partial charge in [-0.25, -0.2) is 0 Å². The van der Waals surface area contributed by atoms with Crippen LogP contribution in [0.15, 0.2) is 48.5 Å². The normalized spacial score (nSPS) is 10.2. The lowest BCUT2D eigenvalue weighted by atomic mass is 10.1. The fourth-order valence-electron chi connectivity index (χ4n) is 2.13. The molecule has 2 aromatic rings. The summed E-state index contributed by atoms with van der Waals surface area (Å²) in [6, 6.07) is 12.4. The Bertz CT molecular complexity index is 784. The Hall–Kier alpha value is -3.19. The van der Waals surface area contributed by atoms with Crippen LogP contribution < -0.4 is 14.2 Å².